The van der Waals surface area contributed by atoms with Crippen molar-refractivity contribution < 1.29 is 28.5 Å². The molecule has 3 rings (SSSR count). The summed E-state index contributed by atoms with van der Waals surface area (Å²) in [5.41, 5.74) is 4.20. The van der Waals surface area contributed by atoms with Crippen molar-refractivity contribution in [1.29, 1.82) is 0 Å². The Hall–Kier alpha value is -3.54. The molecular formula is C26H27FO5. The van der Waals surface area contributed by atoms with Gasteiger partial charge in [0.1, 0.15) is 18.1 Å². The summed E-state index contributed by atoms with van der Waals surface area (Å²) in [4.78, 5) is 10.6. The van der Waals surface area contributed by atoms with Crippen LogP contribution in [0.1, 0.15) is 25.0 Å². The second-order valence-corrected chi connectivity index (χ2v) is 7.95. The molecule has 32 heavy (non-hydrogen) atoms. The SMILES string of the molecule is Cc1ccc(OCC(C)C)cc1-c1cccc(COc2ccc(OCC(=O)O)c(F)c2)c1. The molecule has 168 valence electrons. The fourth-order valence-electron chi connectivity index (χ4n) is 3.09. The number of carboxylic acid groups (broad SMARTS) is 1. The van der Waals surface area contributed by atoms with Crippen molar-refractivity contribution in [3.05, 3.63) is 77.6 Å². The highest BCUT2D eigenvalue weighted by Crippen LogP contribution is 2.29. The van der Waals surface area contributed by atoms with E-state index in [2.05, 4.69) is 20.8 Å². The molecule has 0 fully saturated rings. The third-order valence-corrected chi connectivity index (χ3v) is 4.69. The van der Waals surface area contributed by atoms with Crippen molar-refractivity contribution in [3.63, 3.8) is 0 Å². The first-order chi connectivity index (χ1) is 15.3. The Bertz CT molecular complexity index is 1080. The Morgan fingerprint density at radius 2 is 1.72 bits per heavy atom. The van der Waals surface area contributed by atoms with Gasteiger partial charge in [0.05, 0.1) is 6.61 Å². The zero-order valence-electron chi connectivity index (χ0n) is 18.4. The van der Waals surface area contributed by atoms with E-state index in [0.717, 1.165) is 28.0 Å². The van der Waals surface area contributed by atoms with Crippen LogP contribution in [0.15, 0.2) is 60.7 Å². The highest BCUT2D eigenvalue weighted by Gasteiger charge is 2.09. The maximum Gasteiger partial charge on any atom is 0.341 e. The molecule has 0 saturated carbocycles. The maximum atomic E-state index is 14.1. The zero-order valence-corrected chi connectivity index (χ0v) is 18.4. The van der Waals surface area contributed by atoms with E-state index < -0.39 is 18.4 Å². The van der Waals surface area contributed by atoms with Gasteiger partial charge in [0.2, 0.25) is 0 Å². The van der Waals surface area contributed by atoms with Gasteiger partial charge in [0.15, 0.2) is 18.2 Å². The van der Waals surface area contributed by atoms with Gasteiger partial charge in [-0.1, -0.05) is 38.1 Å². The fourth-order valence-corrected chi connectivity index (χ4v) is 3.09. The molecule has 5 nitrogen and oxygen atoms in total. The Balaban J connectivity index is 1.70. The molecule has 0 bridgehead atoms. The molecule has 0 heterocycles. The second-order valence-electron chi connectivity index (χ2n) is 7.95. The Kier molecular flexibility index (Phi) is 7.71. The van der Waals surface area contributed by atoms with E-state index in [9.17, 15) is 9.18 Å². The lowest BCUT2D eigenvalue weighted by Crippen LogP contribution is -2.10. The lowest BCUT2D eigenvalue weighted by atomic mass is 9.98. The standard InChI is InChI=1S/C26H27FO5/c1-17(2)14-30-21-8-7-18(3)23(12-21)20-6-4-5-19(11-20)15-31-22-9-10-25(24(27)13-22)32-16-26(28)29/h4-13,17H,14-16H2,1-3H3,(H,28,29). The lowest BCUT2D eigenvalue weighted by molar-refractivity contribution is -0.139. The van der Waals surface area contributed by atoms with Crippen molar-refractivity contribution in [2.75, 3.05) is 13.2 Å². The summed E-state index contributed by atoms with van der Waals surface area (Å²) in [7, 11) is 0. The average Bonchev–Trinajstić information content (AvgIpc) is 2.76. The van der Waals surface area contributed by atoms with Crippen molar-refractivity contribution in [2.45, 2.75) is 27.4 Å². The molecule has 3 aromatic rings. The van der Waals surface area contributed by atoms with Crippen LogP contribution in [0.5, 0.6) is 17.2 Å². The van der Waals surface area contributed by atoms with Gasteiger partial charge in [-0.15, -0.1) is 0 Å². The average molecular weight is 438 g/mol. The number of aryl methyl sites for hydroxylation is 1. The molecule has 6 heteroatoms. The minimum atomic E-state index is -1.17. The van der Waals surface area contributed by atoms with Crippen LogP contribution in [0.2, 0.25) is 0 Å². The van der Waals surface area contributed by atoms with Crippen LogP contribution < -0.4 is 14.2 Å². The molecule has 0 spiro atoms. The third-order valence-electron chi connectivity index (χ3n) is 4.69. The molecule has 0 atom stereocenters. The number of aliphatic carboxylic acids is 1. The Morgan fingerprint density at radius 3 is 2.44 bits per heavy atom. The van der Waals surface area contributed by atoms with Crippen LogP contribution in [-0.2, 0) is 11.4 Å². The summed E-state index contributed by atoms with van der Waals surface area (Å²) < 4.78 is 30.6. The van der Waals surface area contributed by atoms with Crippen molar-refractivity contribution in [3.8, 4) is 28.4 Å². The number of hydrogen-bond donors (Lipinski definition) is 1. The molecule has 0 unspecified atom stereocenters. The molecular weight excluding hydrogens is 411 g/mol. The van der Waals surface area contributed by atoms with E-state index >= 15 is 0 Å². The molecule has 3 aromatic carbocycles. The van der Waals surface area contributed by atoms with E-state index in [1.54, 1.807) is 6.07 Å². The molecule has 0 aliphatic rings. The van der Waals surface area contributed by atoms with Crippen molar-refractivity contribution >= 4 is 5.97 Å². The van der Waals surface area contributed by atoms with Crippen LogP contribution in [-0.4, -0.2) is 24.3 Å². The zero-order chi connectivity index (χ0) is 23.1. The van der Waals surface area contributed by atoms with Gasteiger partial charge in [-0.05, 0) is 65.4 Å². The largest absolute Gasteiger partial charge is 0.493 e. The summed E-state index contributed by atoms with van der Waals surface area (Å²) in [5, 5.41) is 8.64. The first-order valence-electron chi connectivity index (χ1n) is 10.4. The van der Waals surface area contributed by atoms with Crippen molar-refractivity contribution in [1.82, 2.24) is 0 Å². The minimum absolute atomic E-state index is 0.128. The molecule has 0 saturated heterocycles. The minimum Gasteiger partial charge on any atom is -0.493 e. The predicted molar refractivity (Wildman–Crippen MR) is 121 cm³/mol. The molecule has 0 radical (unpaired) electrons. The number of carboxylic acids is 1. The molecule has 0 aliphatic heterocycles. The molecule has 0 aromatic heterocycles. The van der Waals surface area contributed by atoms with Crippen LogP contribution >= 0.6 is 0 Å². The summed E-state index contributed by atoms with van der Waals surface area (Å²) in [5.74, 6) is -0.361. The summed E-state index contributed by atoms with van der Waals surface area (Å²) >= 11 is 0. The van der Waals surface area contributed by atoms with Gasteiger partial charge in [0, 0.05) is 6.07 Å². The topological polar surface area (TPSA) is 65.0 Å². The third kappa shape index (κ3) is 6.48. The summed E-state index contributed by atoms with van der Waals surface area (Å²) in [6.07, 6.45) is 0. The predicted octanol–water partition coefficient (Wildman–Crippen LogP) is 5.88. The second kappa shape index (κ2) is 10.7. The van der Waals surface area contributed by atoms with Gasteiger partial charge in [-0.25, -0.2) is 9.18 Å². The van der Waals surface area contributed by atoms with Crippen LogP contribution in [0.3, 0.4) is 0 Å². The number of benzene rings is 3. The van der Waals surface area contributed by atoms with Gasteiger partial charge < -0.3 is 19.3 Å². The van der Waals surface area contributed by atoms with E-state index in [4.69, 9.17) is 19.3 Å². The van der Waals surface area contributed by atoms with Crippen LogP contribution in [0.25, 0.3) is 11.1 Å². The summed E-state index contributed by atoms with van der Waals surface area (Å²) in [6, 6.07) is 18.1. The Morgan fingerprint density at radius 1 is 0.969 bits per heavy atom. The smallest absolute Gasteiger partial charge is 0.341 e. The van der Waals surface area contributed by atoms with Gasteiger partial charge in [-0.3, -0.25) is 0 Å². The number of hydrogen-bond acceptors (Lipinski definition) is 4. The highest BCUT2D eigenvalue weighted by molar-refractivity contribution is 5.69. The summed E-state index contributed by atoms with van der Waals surface area (Å²) in [6.45, 7) is 6.59. The van der Waals surface area contributed by atoms with Gasteiger partial charge in [0.25, 0.3) is 0 Å². The number of rotatable bonds is 10. The van der Waals surface area contributed by atoms with Crippen LogP contribution in [0, 0.1) is 18.7 Å². The van der Waals surface area contributed by atoms with Gasteiger partial charge in [-0.2, -0.15) is 0 Å². The van der Waals surface area contributed by atoms with E-state index in [1.807, 2.05) is 42.5 Å². The Labute approximate surface area is 187 Å². The molecule has 0 aliphatic carbocycles. The lowest BCUT2D eigenvalue weighted by Gasteiger charge is -2.13. The monoisotopic (exact) mass is 438 g/mol. The van der Waals surface area contributed by atoms with Crippen molar-refractivity contribution in [2.24, 2.45) is 5.92 Å². The first-order valence-corrected chi connectivity index (χ1v) is 10.4. The quantitative estimate of drug-likeness (QED) is 0.428. The fraction of sp³-hybridized carbons (Fsp3) is 0.269. The first kappa shape index (κ1) is 23.1. The van der Waals surface area contributed by atoms with Crippen LogP contribution in [0.4, 0.5) is 4.39 Å². The number of ether oxygens (including phenoxy) is 3. The maximum absolute atomic E-state index is 14.1. The molecule has 1 N–H and O–H groups in total. The normalized spacial score (nSPS) is 10.8. The van der Waals surface area contributed by atoms with E-state index in [0.29, 0.717) is 18.3 Å². The van der Waals surface area contributed by atoms with E-state index in [1.165, 1.54) is 12.1 Å². The van der Waals surface area contributed by atoms with Gasteiger partial charge >= 0.3 is 5.97 Å². The molecule has 0 amide bonds. The van der Waals surface area contributed by atoms with E-state index in [-0.39, 0.29) is 12.4 Å². The highest BCUT2D eigenvalue weighted by atomic mass is 19.1. The number of carbonyl (C=O) groups is 1. The number of halogens is 1.